The lowest BCUT2D eigenvalue weighted by atomic mass is 10.1. The maximum atomic E-state index is 13.4. The van der Waals surface area contributed by atoms with E-state index in [0.717, 1.165) is 5.56 Å². The second-order valence-electron chi connectivity index (χ2n) is 3.00. The molecule has 0 spiro atoms. The van der Waals surface area contributed by atoms with Gasteiger partial charge in [0.2, 0.25) is 0 Å². The number of hydrogen-bond acceptors (Lipinski definition) is 2. The molecule has 1 aromatic rings. The third kappa shape index (κ3) is 2.80. The van der Waals surface area contributed by atoms with Crippen molar-refractivity contribution in [3.63, 3.8) is 0 Å². The Labute approximate surface area is 90.2 Å². The lowest BCUT2D eigenvalue weighted by molar-refractivity contribution is -0.142. The van der Waals surface area contributed by atoms with Gasteiger partial charge in [-0.25, -0.2) is 4.39 Å². The van der Waals surface area contributed by atoms with Crippen LogP contribution in [0.3, 0.4) is 0 Å². The zero-order chi connectivity index (χ0) is 10.7. The largest absolute Gasteiger partial charge is 0.461 e. The lowest BCUT2D eigenvalue weighted by Gasteiger charge is -2.06. The number of benzene rings is 1. The fraction of sp³-hybridized carbons (Fsp3) is 0.300. The molecule has 0 saturated heterocycles. The van der Waals surface area contributed by atoms with Gasteiger partial charge in [0.15, 0.2) is 0 Å². The second kappa shape index (κ2) is 4.55. The fourth-order valence-electron chi connectivity index (χ4n) is 1.08. The quantitative estimate of drug-likeness (QED) is 0.765. The van der Waals surface area contributed by atoms with Gasteiger partial charge >= 0.3 is 5.97 Å². The molecule has 0 aliphatic heterocycles. The molecular weight excluding hydrogens is 251 g/mol. The summed E-state index contributed by atoms with van der Waals surface area (Å²) in [6.07, 6.45) is 0. The summed E-state index contributed by atoms with van der Waals surface area (Å²) < 4.78 is 18.5. The first-order chi connectivity index (χ1) is 6.50. The highest BCUT2D eigenvalue weighted by atomic mass is 79.9. The smallest absolute Gasteiger partial charge is 0.302 e. The van der Waals surface area contributed by atoms with Crippen LogP contribution in [0.5, 0.6) is 0 Å². The number of rotatable bonds is 2. The molecule has 4 heteroatoms. The highest BCUT2D eigenvalue weighted by Crippen LogP contribution is 2.21. The van der Waals surface area contributed by atoms with Crippen molar-refractivity contribution in [2.45, 2.75) is 20.5 Å². The molecule has 0 aromatic heterocycles. The van der Waals surface area contributed by atoms with E-state index >= 15 is 0 Å². The Balaban J connectivity index is 2.90. The minimum atomic E-state index is -0.415. The molecule has 0 bridgehead atoms. The summed E-state index contributed by atoms with van der Waals surface area (Å²) in [7, 11) is 0. The van der Waals surface area contributed by atoms with Gasteiger partial charge in [-0.2, -0.15) is 0 Å². The molecule has 0 fully saturated rings. The van der Waals surface area contributed by atoms with Gasteiger partial charge in [-0.1, -0.05) is 0 Å². The van der Waals surface area contributed by atoms with Crippen molar-refractivity contribution in [3.8, 4) is 0 Å². The molecule has 76 valence electrons. The normalized spacial score (nSPS) is 10.0. The van der Waals surface area contributed by atoms with Gasteiger partial charge in [-0.3, -0.25) is 4.79 Å². The van der Waals surface area contributed by atoms with Crippen LogP contribution in [0.25, 0.3) is 0 Å². The van der Waals surface area contributed by atoms with Crippen LogP contribution in [0.2, 0.25) is 0 Å². The predicted octanol–water partition coefficient (Wildman–Crippen LogP) is 2.96. The zero-order valence-electron chi connectivity index (χ0n) is 7.93. The van der Waals surface area contributed by atoms with Gasteiger partial charge in [-0.15, -0.1) is 0 Å². The standard InChI is InChI=1S/C10H10BrFO2/c1-6-3-8(5-14-7(2)13)10(12)9(11)4-6/h3-4H,5H2,1-2H3. The van der Waals surface area contributed by atoms with Gasteiger partial charge in [-0.05, 0) is 40.5 Å². The van der Waals surface area contributed by atoms with Crippen molar-refractivity contribution in [3.05, 3.63) is 33.5 Å². The van der Waals surface area contributed by atoms with Gasteiger partial charge in [0, 0.05) is 12.5 Å². The fourth-order valence-corrected chi connectivity index (χ4v) is 1.70. The number of esters is 1. The first-order valence-electron chi connectivity index (χ1n) is 4.08. The predicted molar refractivity (Wildman–Crippen MR) is 54.3 cm³/mol. The molecule has 0 saturated carbocycles. The van der Waals surface area contributed by atoms with Crippen LogP contribution < -0.4 is 0 Å². The molecule has 0 heterocycles. The van der Waals surface area contributed by atoms with Crippen molar-refractivity contribution < 1.29 is 13.9 Å². The summed E-state index contributed by atoms with van der Waals surface area (Å²) in [4.78, 5) is 10.5. The van der Waals surface area contributed by atoms with Crippen LogP contribution in [0.4, 0.5) is 4.39 Å². The number of halogens is 2. The average Bonchev–Trinajstić information content (AvgIpc) is 2.08. The number of aryl methyl sites for hydroxylation is 1. The molecule has 1 rings (SSSR count). The van der Waals surface area contributed by atoms with Crippen LogP contribution in [0.1, 0.15) is 18.1 Å². The zero-order valence-corrected chi connectivity index (χ0v) is 9.52. The van der Waals surface area contributed by atoms with Crippen molar-refractivity contribution in [2.24, 2.45) is 0 Å². The van der Waals surface area contributed by atoms with Crippen LogP contribution in [-0.4, -0.2) is 5.97 Å². The maximum absolute atomic E-state index is 13.4. The SMILES string of the molecule is CC(=O)OCc1cc(C)cc(Br)c1F. The third-order valence-corrected chi connectivity index (χ3v) is 2.26. The van der Waals surface area contributed by atoms with E-state index in [1.165, 1.54) is 6.92 Å². The van der Waals surface area contributed by atoms with Crippen molar-refractivity contribution >= 4 is 21.9 Å². The molecule has 0 atom stereocenters. The number of ether oxygens (including phenoxy) is 1. The van der Waals surface area contributed by atoms with Crippen LogP contribution >= 0.6 is 15.9 Å². The summed E-state index contributed by atoms with van der Waals surface area (Å²) in [5, 5.41) is 0. The number of hydrogen-bond donors (Lipinski definition) is 0. The Morgan fingerprint density at radius 1 is 1.57 bits per heavy atom. The van der Waals surface area contributed by atoms with Crippen LogP contribution in [0.15, 0.2) is 16.6 Å². The van der Waals surface area contributed by atoms with E-state index < -0.39 is 5.97 Å². The van der Waals surface area contributed by atoms with Crippen LogP contribution in [-0.2, 0) is 16.1 Å². The molecule has 0 amide bonds. The minimum absolute atomic E-state index is 0.0263. The Bertz CT molecular complexity index is 363. The molecule has 0 aliphatic carbocycles. The molecule has 2 nitrogen and oxygen atoms in total. The van der Waals surface area contributed by atoms with Gasteiger partial charge in [0.25, 0.3) is 0 Å². The molecule has 0 unspecified atom stereocenters. The summed E-state index contributed by atoms with van der Waals surface area (Å²) in [6.45, 7) is 3.12. The topological polar surface area (TPSA) is 26.3 Å². The Kier molecular flexibility index (Phi) is 3.63. The second-order valence-corrected chi connectivity index (χ2v) is 3.85. The summed E-state index contributed by atoms with van der Waals surface area (Å²) in [5.41, 5.74) is 1.30. The third-order valence-electron chi connectivity index (χ3n) is 1.68. The Morgan fingerprint density at radius 2 is 2.21 bits per heavy atom. The summed E-state index contributed by atoms with van der Waals surface area (Å²) in [6, 6.07) is 3.33. The van der Waals surface area contributed by atoms with Crippen molar-refractivity contribution in [1.29, 1.82) is 0 Å². The first kappa shape index (κ1) is 11.2. The molecule has 0 radical (unpaired) electrons. The van der Waals surface area contributed by atoms with Gasteiger partial charge < -0.3 is 4.74 Å². The molecule has 0 N–H and O–H groups in total. The van der Waals surface area contributed by atoms with E-state index in [4.69, 9.17) is 4.74 Å². The van der Waals surface area contributed by atoms with Crippen molar-refractivity contribution in [1.82, 2.24) is 0 Å². The Hall–Kier alpha value is -0.900. The van der Waals surface area contributed by atoms with E-state index in [1.807, 2.05) is 6.92 Å². The van der Waals surface area contributed by atoms with Crippen LogP contribution in [0, 0.1) is 12.7 Å². The Morgan fingerprint density at radius 3 is 2.79 bits per heavy atom. The molecule has 14 heavy (non-hydrogen) atoms. The maximum Gasteiger partial charge on any atom is 0.302 e. The molecular formula is C10H10BrFO2. The number of carbonyl (C=O) groups excluding carboxylic acids is 1. The van der Waals surface area contributed by atoms with Gasteiger partial charge in [0.05, 0.1) is 4.47 Å². The summed E-state index contributed by atoms with van der Waals surface area (Å²) >= 11 is 3.09. The average molecular weight is 261 g/mol. The van der Waals surface area contributed by atoms with E-state index in [-0.39, 0.29) is 12.4 Å². The lowest BCUT2D eigenvalue weighted by Crippen LogP contribution is -2.01. The first-order valence-corrected chi connectivity index (χ1v) is 4.88. The minimum Gasteiger partial charge on any atom is -0.461 e. The number of carbonyl (C=O) groups is 1. The highest BCUT2D eigenvalue weighted by molar-refractivity contribution is 9.10. The highest BCUT2D eigenvalue weighted by Gasteiger charge is 2.08. The molecule has 0 aliphatic rings. The van der Waals surface area contributed by atoms with E-state index in [1.54, 1.807) is 12.1 Å². The van der Waals surface area contributed by atoms with E-state index in [2.05, 4.69) is 15.9 Å². The molecule has 1 aromatic carbocycles. The van der Waals surface area contributed by atoms with Gasteiger partial charge in [0.1, 0.15) is 12.4 Å². The van der Waals surface area contributed by atoms with Crippen molar-refractivity contribution in [2.75, 3.05) is 0 Å². The van der Waals surface area contributed by atoms with E-state index in [9.17, 15) is 9.18 Å². The summed E-state index contributed by atoms with van der Waals surface area (Å²) in [5.74, 6) is -0.793. The van der Waals surface area contributed by atoms with E-state index in [0.29, 0.717) is 10.0 Å². The monoisotopic (exact) mass is 260 g/mol.